The third-order valence-corrected chi connectivity index (χ3v) is 6.12. The minimum Gasteiger partial charge on any atom is -0.374 e. The molecule has 3 rings (SSSR count). The minimum atomic E-state index is -0.193. The number of nitrogens with zero attached hydrogens (tertiary/aromatic N) is 2. The Kier molecular flexibility index (Phi) is 6.56. The third kappa shape index (κ3) is 5.34. The average Bonchev–Trinajstić information content (AvgIpc) is 3.31. The van der Waals surface area contributed by atoms with E-state index in [1.807, 2.05) is 17.3 Å². The van der Waals surface area contributed by atoms with Gasteiger partial charge >= 0.3 is 0 Å². The molecule has 1 amide bonds. The number of aryl methyl sites for hydroxylation is 1. The third-order valence-electron chi connectivity index (χ3n) is 5.14. The number of carbonyl (C=O) groups excluding carboxylic acids is 2. The van der Waals surface area contributed by atoms with E-state index < -0.39 is 0 Å². The highest BCUT2D eigenvalue weighted by molar-refractivity contribution is 7.13. The molecular formula is C23H29N3O2S. The topological polar surface area (TPSA) is 62.3 Å². The monoisotopic (exact) mass is 411 g/mol. The SMILES string of the molecule is Cc1ncsc1-c1ccc(CNC(=C=O)C2CCCN2C(=O)CC(C)(C)C)cc1. The van der Waals surface area contributed by atoms with Crippen LogP contribution in [0.15, 0.2) is 35.5 Å². The molecule has 2 aromatic rings. The van der Waals surface area contributed by atoms with Gasteiger partial charge in [0.05, 0.1) is 22.1 Å². The lowest BCUT2D eigenvalue weighted by molar-refractivity contribution is -0.133. The summed E-state index contributed by atoms with van der Waals surface area (Å²) in [6.07, 6.45) is 2.20. The molecule has 1 aromatic carbocycles. The zero-order chi connectivity index (χ0) is 21.0. The van der Waals surface area contributed by atoms with Crippen LogP contribution in [0.25, 0.3) is 10.4 Å². The first-order valence-corrected chi connectivity index (χ1v) is 10.9. The summed E-state index contributed by atoms with van der Waals surface area (Å²) in [7, 11) is 0. The highest BCUT2D eigenvalue weighted by Crippen LogP contribution is 2.28. The number of hydrogen-bond donors (Lipinski definition) is 1. The van der Waals surface area contributed by atoms with Gasteiger partial charge in [-0.05, 0) is 36.3 Å². The Bertz CT molecular complexity index is 905. The molecule has 0 saturated carbocycles. The van der Waals surface area contributed by atoms with E-state index in [0.29, 0.717) is 25.2 Å². The fraction of sp³-hybridized carbons (Fsp3) is 0.478. The Morgan fingerprint density at radius 2 is 2.03 bits per heavy atom. The van der Waals surface area contributed by atoms with E-state index in [1.54, 1.807) is 11.3 Å². The van der Waals surface area contributed by atoms with Gasteiger partial charge in [0, 0.05) is 19.5 Å². The molecule has 1 N–H and O–H groups in total. The second-order valence-electron chi connectivity index (χ2n) is 8.82. The first-order valence-electron chi connectivity index (χ1n) is 10.1. The smallest absolute Gasteiger partial charge is 0.223 e. The Labute approximate surface area is 176 Å². The fourth-order valence-corrected chi connectivity index (χ4v) is 4.50. The van der Waals surface area contributed by atoms with Crippen LogP contribution in [0.2, 0.25) is 0 Å². The molecule has 0 bridgehead atoms. The summed E-state index contributed by atoms with van der Waals surface area (Å²) < 4.78 is 0. The standard InChI is InChI=1S/C23H29N3O2S/c1-16-22(29-15-25-16)18-9-7-17(8-10-18)13-24-19(14-27)20-6-5-11-26(20)21(28)12-23(2,3)4/h7-10,15,20,24H,5-6,11-13H2,1-4H3. The molecule has 1 atom stereocenters. The lowest BCUT2D eigenvalue weighted by Crippen LogP contribution is -2.41. The van der Waals surface area contributed by atoms with Crippen molar-refractivity contribution in [3.8, 4) is 10.4 Å². The molecule has 29 heavy (non-hydrogen) atoms. The van der Waals surface area contributed by atoms with Gasteiger partial charge in [0.25, 0.3) is 0 Å². The largest absolute Gasteiger partial charge is 0.374 e. The van der Waals surface area contributed by atoms with Crippen molar-refractivity contribution >= 4 is 23.2 Å². The maximum atomic E-state index is 12.7. The summed E-state index contributed by atoms with van der Waals surface area (Å²) in [5.41, 5.74) is 5.53. The van der Waals surface area contributed by atoms with E-state index in [2.05, 4.69) is 61.3 Å². The van der Waals surface area contributed by atoms with Crippen molar-refractivity contribution in [1.29, 1.82) is 0 Å². The van der Waals surface area contributed by atoms with Crippen molar-refractivity contribution in [1.82, 2.24) is 15.2 Å². The molecule has 1 aliphatic rings. The second kappa shape index (κ2) is 8.93. The molecule has 0 aliphatic carbocycles. The van der Waals surface area contributed by atoms with Crippen molar-refractivity contribution in [2.24, 2.45) is 5.41 Å². The summed E-state index contributed by atoms with van der Waals surface area (Å²) >= 11 is 1.63. The van der Waals surface area contributed by atoms with Gasteiger partial charge in [-0.15, -0.1) is 11.3 Å². The lowest BCUT2D eigenvalue weighted by atomic mass is 9.91. The molecule has 1 aliphatic heterocycles. The molecule has 1 aromatic heterocycles. The quantitative estimate of drug-likeness (QED) is 0.718. The Morgan fingerprint density at radius 3 is 2.62 bits per heavy atom. The summed E-state index contributed by atoms with van der Waals surface area (Å²) in [5.74, 6) is 2.17. The average molecular weight is 412 g/mol. The van der Waals surface area contributed by atoms with Gasteiger partial charge in [-0.1, -0.05) is 45.0 Å². The second-order valence-corrected chi connectivity index (χ2v) is 9.67. The van der Waals surface area contributed by atoms with Gasteiger partial charge < -0.3 is 10.2 Å². The van der Waals surface area contributed by atoms with Gasteiger partial charge in [0.1, 0.15) is 11.6 Å². The zero-order valence-electron chi connectivity index (χ0n) is 17.6. The number of likely N-dealkylation sites (tertiary alicyclic amines) is 1. The Morgan fingerprint density at radius 1 is 1.31 bits per heavy atom. The first kappa shape index (κ1) is 21.3. The number of benzene rings is 1. The van der Waals surface area contributed by atoms with Crippen LogP contribution in [0, 0.1) is 12.3 Å². The molecule has 0 spiro atoms. The number of hydrogen-bond acceptors (Lipinski definition) is 5. The van der Waals surface area contributed by atoms with E-state index >= 15 is 0 Å². The van der Waals surface area contributed by atoms with Crippen molar-refractivity contribution in [2.45, 2.75) is 59.5 Å². The Balaban J connectivity index is 1.63. The molecule has 1 fully saturated rings. The van der Waals surface area contributed by atoms with E-state index in [4.69, 9.17) is 0 Å². The van der Waals surface area contributed by atoms with Crippen LogP contribution in [0.4, 0.5) is 0 Å². The lowest BCUT2D eigenvalue weighted by Gasteiger charge is -2.28. The first-order chi connectivity index (χ1) is 13.8. The molecular weight excluding hydrogens is 382 g/mol. The summed E-state index contributed by atoms with van der Waals surface area (Å²) in [4.78, 5) is 31.7. The predicted molar refractivity (Wildman–Crippen MR) is 117 cm³/mol. The van der Waals surface area contributed by atoms with Crippen LogP contribution in [0.3, 0.4) is 0 Å². The van der Waals surface area contributed by atoms with Gasteiger partial charge in [0.15, 0.2) is 0 Å². The van der Waals surface area contributed by atoms with E-state index in [1.165, 1.54) is 4.88 Å². The number of rotatable bonds is 6. The van der Waals surface area contributed by atoms with Crippen molar-refractivity contribution in [2.75, 3.05) is 6.54 Å². The zero-order valence-corrected chi connectivity index (χ0v) is 18.4. The summed E-state index contributed by atoms with van der Waals surface area (Å²) in [5, 5.41) is 3.23. The fourth-order valence-electron chi connectivity index (χ4n) is 3.69. The normalized spacial score (nSPS) is 16.6. The number of nitrogens with one attached hydrogen (secondary N) is 1. The number of amides is 1. The summed E-state index contributed by atoms with van der Waals surface area (Å²) in [6, 6.07) is 8.08. The van der Waals surface area contributed by atoms with Crippen LogP contribution in [0.5, 0.6) is 0 Å². The molecule has 6 heteroatoms. The van der Waals surface area contributed by atoms with E-state index in [9.17, 15) is 9.59 Å². The van der Waals surface area contributed by atoms with Gasteiger partial charge in [-0.25, -0.2) is 9.78 Å². The van der Waals surface area contributed by atoms with E-state index in [0.717, 1.165) is 29.7 Å². The number of carbonyl (C=O) groups is 1. The molecule has 1 saturated heterocycles. The van der Waals surface area contributed by atoms with Crippen LogP contribution < -0.4 is 5.32 Å². The van der Waals surface area contributed by atoms with Crippen molar-refractivity contribution < 1.29 is 9.59 Å². The van der Waals surface area contributed by atoms with Crippen LogP contribution in [-0.2, 0) is 16.1 Å². The van der Waals surface area contributed by atoms with Gasteiger partial charge in [-0.3, -0.25) is 4.79 Å². The van der Waals surface area contributed by atoms with Crippen molar-refractivity contribution in [3.05, 3.63) is 46.7 Å². The molecule has 0 radical (unpaired) electrons. The number of aromatic nitrogens is 1. The van der Waals surface area contributed by atoms with Crippen molar-refractivity contribution in [3.63, 3.8) is 0 Å². The highest BCUT2D eigenvalue weighted by Gasteiger charge is 2.33. The van der Waals surface area contributed by atoms with Gasteiger partial charge in [-0.2, -0.15) is 0 Å². The maximum Gasteiger partial charge on any atom is 0.223 e. The van der Waals surface area contributed by atoms with Crippen LogP contribution in [0.1, 0.15) is 51.3 Å². The maximum absolute atomic E-state index is 12.7. The number of thiazole rings is 1. The molecule has 2 heterocycles. The Hall–Kier alpha value is -2.43. The highest BCUT2D eigenvalue weighted by atomic mass is 32.1. The summed E-state index contributed by atoms with van der Waals surface area (Å²) in [6.45, 7) is 9.42. The van der Waals surface area contributed by atoms with Crippen LogP contribution >= 0.6 is 11.3 Å². The molecule has 5 nitrogen and oxygen atoms in total. The molecule has 154 valence electrons. The van der Waals surface area contributed by atoms with E-state index in [-0.39, 0.29) is 17.4 Å². The minimum absolute atomic E-state index is 0.0686. The predicted octanol–water partition coefficient (Wildman–Crippen LogP) is 4.35. The van der Waals surface area contributed by atoms with Crippen LogP contribution in [-0.4, -0.2) is 34.3 Å². The molecule has 1 unspecified atom stereocenters. The van der Waals surface area contributed by atoms with Gasteiger partial charge in [0.2, 0.25) is 5.91 Å².